The predicted molar refractivity (Wildman–Crippen MR) is 48.8 cm³/mol. The van der Waals surface area contributed by atoms with Crippen LogP contribution in [0, 0.1) is 0 Å². The molecule has 0 bridgehead atoms. The van der Waals surface area contributed by atoms with Gasteiger partial charge in [0.05, 0.1) is 5.75 Å². The molecular formula is C6H12O4S2. The molecule has 0 amide bonds. The van der Waals surface area contributed by atoms with E-state index in [1.165, 1.54) is 18.7 Å². The fourth-order valence-electron chi connectivity index (χ4n) is 0.602. The molecule has 0 aromatic carbocycles. The first-order chi connectivity index (χ1) is 5.42. The molecule has 0 aliphatic heterocycles. The normalized spacial score (nSPS) is 11.5. The van der Waals surface area contributed by atoms with Crippen molar-refractivity contribution in [3.05, 3.63) is 0 Å². The van der Waals surface area contributed by atoms with Crippen LogP contribution >= 0.6 is 11.8 Å². The first-order valence-electron chi connectivity index (χ1n) is 3.50. The minimum absolute atomic E-state index is 0.0295. The van der Waals surface area contributed by atoms with Crippen molar-refractivity contribution in [1.29, 1.82) is 0 Å². The molecule has 0 spiro atoms. The molecule has 12 heavy (non-hydrogen) atoms. The molecule has 72 valence electrons. The van der Waals surface area contributed by atoms with E-state index in [1.807, 2.05) is 0 Å². The van der Waals surface area contributed by atoms with E-state index < -0.39 is 10.1 Å². The van der Waals surface area contributed by atoms with Gasteiger partial charge in [0, 0.05) is 12.7 Å². The summed E-state index contributed by atoms with van der Waals surface area (Å²) in [5, 5.41) is 0.0295. The van der Waals surface area contributed by atoms with Crippen LogP contribution in [0.2, 0.25) is 0 Å². The average Bonchev–Trinajstić information content (AvgIpc) is 1.83. The Hall–Kier alpha value is -0.0700. The lowest BCUT2D eigenvalue weighted by atomic mass is 10.4. The molecule has 4 nitrogen and oxygen atoms in total. The second-order valence-electron chi connectivity index (χ2n) is 2.33. The highest BCUT2D eigenvalue weighted by atomic mass is 32.2. The molecule has 0 atom stereocenters. The second-order valence-corrected chi connectivity index (χ2v) is 5.18. The average molecular weight is 212 g/mol. The maximum absolute atomic E-state index is 10.4. The highest BCUT2D eigenvalue weighted by Gasteiger charge is 2.03. The predicted octanol–water partition coefficient (Wildman–Crippen LogP) is 0.934. The van der Waals surface area contributed by atoms with E-state index in [1.54, 1.807) is 0 Å². The summed E-state index contributed by atoms with van der Waals surface area (Å²) in [7, 11) is -3.82. The third-order valence-electron chi connectivity index (χ3n) is 1.10. The zero-order valence-electron chi connectivity index (χ0n) is 6.82. The summed E-state index contributed by atoms with van der Waals surface area (Å²) in [6, 6.07) is 0. The summed E-state index contributed by atoms with van der Waals surface area (Å²) in [6.45, 7) is 1.47. The summed E-state index contributed by atoms with van der Waals surface area (Å²) in [6.07, 6.45) is 1.03. The van der Waals surface area contributed by atoms with Gasteiger partial charge >= 0.3 is 0 Å². The zero-order valence-corrected chi connectivity index (χ0v) is 8.45. The highest BCUT2D eigenvalue weighted by molar-refractivity contribution is 8.13. The summed E-state index contributed by atoms with van der Waals surface area (Å²) in [4.78, 5) is 10.4. The van der Waals surface area contributed by atoms with Gasteiger partial charge in [0.2, 0.25) is 0 Å². The topological polar surface area (TPSA) is 71.4 Å². The Morgan fingerprint density at radius 2 is 2.00 bits per heavy atom. The van der Waals surface area contributed by atoms with Crippen molar-refractivity contribution in [2.45, 2.75) is 19.8 Å². The van der Waals surface area contributed by atoms with Gasteiger partial charge in [0.25, 0.3) is 10.1 Å². The van der Waals surface area contributed by atoms with E-state index in [-0.39, 0.29) is 10.9 Å². The molecule has 0 unspecified atom stereocenters. The number of hydrogen-bond acceptors (Lipinski definition) is 4. The molecule has 0 saturated heterocycles. The molecular weight excluding hydrogens is 200 g/mol. The van der Waals surface area contributed by atoms with Crippen LogP contribution in [0.3, 0.4) is 0 Å². The Kier molecular flexibility index (Phi) is 5.52. The van der Waals surface area contributed by atoms with Crippen LogP contribution in [0.25, 0.3) is 0 Å². The smallest absolute Gasteiger partial charge is 0.264 e. The molecule has 6 heteroatoms. The second kappa shape index (κ2) is 5.55. The largest absolute Gasteiger partial charge is 0.288 e. The third-order valence-corrected chi connectivity index (χ3v) is 2.81. The zero-order chi connectivity index (χ0) is 9.61. The molecule has 0 fully saturated rings. The number of thioether (sulfide) groups is 1. The van der Waals surface area contributed by atoms with Crippen molar-refractivity contribution in [2.24, 2.45) is 0 Å². The summed E-state index contributed by atoms with van der Waals surface area (Å²) in [5.41, 5.74) is 0. The monoisotopic (exact) mass is 212 g/mol. The maximum atomic E-state index is 10.4. The van der Waals surface area contributed by atoms with Gasteiger partial charge in [-0.15, -0.1) is 0 Å². The molecule has 0 rings (SSSR count). The van der Waals surface area contributed by atoms with Gasteiger partial charge < -0.3 is 0 Å². The van der Waals surface area contributed by atoms with Gasteiger partial charge in [-0.1, -0.05) is 11.8 Å². The standard InChI is InChI=1S/C6H12O4S2/c1-6(7)11-4-2-3-5-12(8,9)10/h2-5H2,1H3,(H,8,9,10). The summed E-state index contributed by atoms with van der Waals surface area (Å²) in [5.74, 6) is 0.399. The quantitative estimate of drug-likeness (QED) is 0.542. The van der Waals surface area contributed by atoms with Crippen molar-refractivity contribution in [3.8, 4) is 0 Å². The van der Waals surface area contributed by atoms with E-state index in [0.29, 0.717) is 18.6 Å². The van der Waals surface area contributed by atoms with Crippen molar-refractivity contribution in [3.63, 3.8) is 0 Å². The van der Waals surface area contributed by atoms with Gasteiger partial charge in [0.15, 0.2) is 5.12 Å². The van der Waals surface area contributed by atoms with Crippen LogP contribution in [0.15, 0.2) is 0 Å². The molecule has 0 aromatic heterocycles. The van der Waals surface area contributed by atoms with Crippen molar-refractivity contribution in [1.82, 2.24) is 0 Å². The third kappa shape index (κ3) is 9.93. The molecule has 0 aromatic rings. The van der Waals surface area contributed by atoms with Crippen LogP contribution in [-0.2, 0) is 14.9 Å². The Balaban J connectivity index is 3.29. The van der Waals surface area contributed by atoms with Crippen LogP contribution < -0.4 is 0 Å². The van der Waals surface area contributed by atoms with Crippen LogP contribution in [-0.4, -0.2) is 29.6 Å². The highest BCUT2D eigenvalue weighted by Crippen LogP contribution is 2.05. The number of unbranched alkanes of at least 4 members (excludes halogenated alkanes) is 1. The molecule has 1 N–H and O–H groups in total. The van der Waals surface area contributed by atoms with Crippen molar-refractivity contribution < 1.29 is 17.8 Å². The Labute approximate surface area is 76.5 Å². The number of hydrogen-bond donors (Lipinski definition) is 1. The van der Waals surface area contributed by atoms with E-state index in [4.69, 9.17) is 4.55 Å². The van der Waals surface area contributed by atoms with Gasteiger partial charge in [-0.05, 0) is 12.8 Å². The molecule has 0 aliphatic rings. The van der Waals surface area contributed by atoms with Gasteiger partial charge in [-0.3, -0.25) is 9.35 Å². The van der Waals surface area contributed by atoms with Crippen molar-refractivity contribution in [2.75, 3.05) is 11.5 Å². The minimum Gasteiger partial charge on any atom is -0.288 e. The molecule has 0 heterocycles. The Bertz CT molecular complexity index is 232. The lowest BCUT2D eigenvalue weighted by Crippen LogP contribution is -2.03. The fraction of sp³-hybridized carbons (Fsp3) is 0.833. The van der Waals surface area contributed by atoms with Gasteiger partial charge in [0.1, 0.15) is 0 Å². The van der Waals surface area contributed by atoms with Gasteiger partial charge in [-0.25, -0.2) is 0 Å². The van der Waals surface area contributed by atoms with E-state index in [2.05, 4.69) is 0 Å². The Morgan fingerprint density at radius 1 is 1.42 bits per heavy atom. The number of rotatable bonds is 5. The van der Waals surface area contributed by atoms with E-state index in [9.17, 15) is 13.2 Å². The fourth-order valence-corrected chi connectivity index (χ4v) is 1.81. The lowest BCUT2D eigenvalue weighted by molar-refractivity contribution is -0.109. The SMILES string of the molecule is CC(=O)SCCCCS(=O)(=O)O. The van der Waals surface area contributed by atoms with Crippen molar-refractivity contribution >= 4 is 27.0 Å². The minimum atomic E-state index is -3.82. The van der Waals surface area contributed by atoms with Gasteiger partial charge in [-0.2, -0.15) is 8.42 Å². The molecule has 0 aliphatic carbocycles. The first kappa shape index (κ1) is 11.9. The van der Waals surface area contributed by atoms with E-state index >= 15 is 0 Å². The summed E-state index contributed by atoms with van der Waals surface area (Å²) >= 11 is 1.17. The lowest BCUT2D eigenvalue weighted by Gasteiger charge is -1.96. The molecule has 0 saturated carbocycles. The molecule has 0 radical (unpaired) electrons. The Morgan fingerprint density at radius 3 is 2.42 bits per heavy atom. The number of carbonyl (C=O) groups excluding carboxylic acids is 1. The first-order valence-corrected chi connectivity index (χ1v) is 6.10. The number of carbonyl (C=O) groups is 1. The van der Waals surface area contributed by atoms with Crippen LogP contribution in [0.1, 0.15) is 19.8 Å². The van der Waals surface area contributed by atoms with Crippen LogP contribution in [0.5, 0.6) is 0 Å². The maximum Gasteiger partial charge on any atom is 0.264 e. The van der Waals surface area contributed by atoms with E-state index in [0.717, 1.165) is 0 Å². The van der Waals surface area contributed by atoms with Crippen LogP contribution in [0.4, 0.5) is 0 Å². The summed E-state index contributed by atoms with van der Waals surface area (Å²) < 4.78 is 28.7.